The number of benzene rings is 2. The summed E-state index contributed by atoms with van der Waals surface area (Å²) in [6.45, 7) is 3.64. The fourth-order valence-electron chi connectivity index (χ4n) is 2.76. The molecule has 0 radical (unpaired) electrons. The smallest absolute Gasteiger partial charge is 0.279 e. The van der Waals surface area contributed by atoms with Crippen LogP contribution in [0.5, 0.6) is 0 Å². The van der Waals surface area contributed by atoms with E-state index in [9.17, 15) is 9.90 Å². The zero-order valence-electron chi connectivity index (χ0n) is 16.7. The predicted molar refractivity (Wildman–Crippen MR) is 114 cm³/mol. The number of amides is 1. The minimum atomic E-state index is -0.501. The number of nitrogens with one attached hydrogen (secondary N) is 1. The number of hydrogen-bond donors (Lipinski definition) is 2. The second-order valence-electron chi connectivity index (χ2n) is 6.78. The van der Waals surface area contributed by atoms with Gasteiger partial charge < -0.3 is 10.4 Å². The quantitative estimate of drug-likeness (QED) is 0.208. The molecule has 148 valence electrons. The highest BCUT2D eigenvalue weighted by atomic mass is 16.3. The van der Waals surface area contributed by atoms with E-state index in [0.717, 1.165) is 6.42 Å². The van der Waals surface area contributed by atoms with Crippen molar-refractivity contribution >= 4 is 17.3 Å². The predicted octanol–water partition coefficient (Wildman–Crippen LogP) is 6.71. The Morgan fingerprint density at radius 2 is 1.64 bits per heavy atom. The molecule has 0 atom stereocenters. The van der Waals surface area contributed by atoms with Crippen molar-refractivity contribution in [2.45, 2.75) is 52.4 Å². The molecule has 2 rings (SSSR count). The van der Waals surface area contributed by atoms with Gasteiger partial charge in [0.25, 0.3) is 5.91 Å². The van der Waals surface area contributed by atoms with Gasteiger partial charge in [-0.05, 0) is 49.6 Å². The number of nitrogens with zero attached hydrogens (tertiary/aromatic N) is 2. The highest BCUT2D eigenvalue weighted by molar-refractivity contribution is 6.03. The highest BCUT2D eigenvalue weighted by Gasteiger charge is 2.13. The van der Waals surface area contributed by atoms with E-state index in [1.54, 1.807) is 12.1 Å². The van der Waals surface area contributed by atoms with Crippen molar-refractivity contribution in [3.05, 3.63) is 71.6 Å². The van der Waals surface area contributed by atoms with E-state index in [4.69, 9.17) is 0 Å². The molecule has 0 saturated heterocycles. The third-order valence-electron chi connectivity index (χ3n) is 4.36. The van der Waals surface area contributed by atoms with Gasteiger partial charge in [0.05, 0.1) is 5.69 Å². The molecule has 0 unspecified atom stereocenters. The van der Waals surface area contributed by atoms with E-state index in [2.05, 4.69) is 22.5 Å². The molecule has 5 heteroatoms. The van der Waals surface area contributed by atoms with Gasteiger partial charge in [0.2, 0.25) is 0 Å². The first-order chi connectivity index (χ1) is 13.6. The van der Waals surface area contributed by atoms with Crippen molar-refractivity contribution in [2.24, 2.45) is 10.2 Å². The molecule has 0 aliphatic rings. The monoisotopic (exact) mass is 379 g/mol. The molecule has 0 aliphatic carbocycles. The number of anilines is 1. The van der Waals surface area contributed by atoms with Gasteiger partial charge >= 0.3 is 0 Å². The Labute approximate surface area is 167 Å². The lowest BCUT2D eigenvalue weighted by Gasteiger charge is -2.05. The number of azo groups is 1. The van der Waals surface area contributed by atoms with Crippen molar-refractivity contribution in [2.75, 3.05) is 5.32 Å². The highest BCUT2D eigenvalue weighted by Crippen LogP contribution is 2.18. The van der Waals surface area contributed by atoms with Crippen LogP contribution in [0.15, 0.2) is 76.3 Å². The van der Waals surface area contributed by atoms with Crippen LogP contribution in [0.3, 0.4) is 0 Å². The van der Waals surface area contributed by atoms with Gasteiger partial charge in [0.15, 0.2) is 5.70 Å². The maximum absolute atomic E-state index is 12.3. The number of aliphatic hydroxyl groups excluding tert-OH is 1. The molecule has 0 heterocycles. The maximum atomic E-state index is 12.3. The standard InChI is InChI=1S/C23H29N3O2/c1-3-4-5-6-8-11-19-14-16-21(17-15-19)25-26-22(18(2)27)23(28)24-20-12-9-7-10-13-20/h7,9-10,12-17,27H,3-6,8,11H2,1-2H3,(H,24,28)/b22-18-,26-25?. The van der Waals surface area contributed by atoms with E-state index in [0.29, 0.717) is 11.4 Å². The van der Waals surface area contributed by atoms with Crippen molar-refractivity contribution in [3.63, 3.8) is 0 Å². The summed E-state index contributed by atoms with van der Waals surface area (Å²) in [5, 5.41) is 20.6. The Morgan fingerprint density at radius 1 is 0.964 bits per heavy atom. The first-order valence-electron chi connectivity index (χ1n) is 9.87. The number of allylic oxidation sites excluding steroid dienone is 1. The van der Waals surface area contributed by atoms with Crippen LogP contribution in [-0.4, -0.2) is 11.0 Å². The van der Waals surface area contributed by atoms with Crippen molar-refractivity contribution < 1.29 is 9.90 Å². The molecule has 0 aliphatic heterocycles. The van der Waals surface area contributed by atoms with Crippen LogP contribution in [0.4, 0.5) is 11.4 Å². The number of aliphatic hydroxyl groups is 1. The van der Waals surface area contributed by atoms with Gasteiger partial charge in [-0.3, -0.25) is 4.79 Å². The number of carbonyl (C=O) groups is 1. The van der Waals surface area contributed by atoms with Gasteiger partial charge in [0.1, 0.15) is 5.76 Å². The average Bonchev–Trinajstić information content (AvgIpc) is 2.69. The number of unbranched alkanes of at least 4 members (excludes halogenated alkanes) is 4. The number of aryl methyl sites for hydroxylation is 1. The minimum absolute atomic E-state index is 0.108. The summed E-state index contributed by atoms with van der Waals surface area (Å²) in [5.41, 5.74) is 2.43. The number of hydrogen-bond acceptors (Lipinski definition) is 4. The molecule has 0 aromatic heterocycles. The number of carbonyl (C=O) groups excluding carboxylic acids is 1. The van der Waals surface area contributed by atoms with E-state index < -0.39 is 5.91 Å². The lowest BCUT2D eigenvalue weighted by atomic mass is 10.1. The molecular formula is C23H29N3O2. The van der Waals surface area contributed by atoms with Crippen LogP contribution in [-0.2, 0) is 11.2 Å². The summed E-state index contributed by atoms with van der Waals surface area (Å²) >= 11 is 0. The largest absolute Gasteiger partial charge is 0.510 e. The van der Waals surface area contributed by atoms with E-state index >= 15 is 0 Å². The molecular weight excluding hydrogens is 350 g/mol. The summed E-state index contributed by atoms with van der Waals surface area (Å²) < 4.78 is 0. The van der Waals surface area contributed by atoms with Crippen LogP contribution in [0, 0.1) is 0 Å². The fourth-order valence-corrected chi connectivity index (χ4v) is 2.76. The molecule has 2 aromatic carbocycles. The summed E-state index contributed by atoms with van der Waals surface area (Å²) in [7, 11) is 0. The molecule has 0 spiro atoms. The second kappa shape index (κ2) is 11.7. The topological polar surface area (TPSA) is 74.0 Å². The Morgan fingerprint density at radius 3 is 2.29 bits per heavy atom. The Bertz CT molecular complexity index is 792. The van der Waals surface area contributed by atoms with Gasteiger partial charge in [0, 0.05) is 5.69 Å². The number of rotatable bonds is 10. The lowest BCUT2D eigenvalue weighted by Crippen LogP contribution is -2.14. The van der Waals surface area contributed by atoms with Crippen LogP contribution in [0.25, 0.3) is 0 Å². The Balaban J connectivity index is 1.94. The molecule has 28 heavy (non-hydrogen) atoms. The molecule has 0 saturated carbocycles. The first kappa shape index (κ1) is 21.4. The molecule has 2 N–H and O–H groups in total. The molecule has 0 fully saturated rings. The van der Waals surface area contributed by atoms with Crippen LogP contribution in [0.2, 0.25) is 0 Å². The van der Waals surface area contributed by atoms with Crippen LogP contribution in [0.1, 0.15) is 51.5 Å². The second-order valence-corrected chi connectivity index (χ2v) is 6.78. The third-order valence-corrected chi connectivity index (χ3v) is 4.36. The zero-order chi connectivity index (χ0) is 20.2. The van der Waals surface area contributed by atoms with Crippen molar-refractivity contribution in [3.8, 4) is 0 Å². The summed E-state index contributed by atoms with van der Waals surface area (Å²) in [6, 6.07) is 16.9. The van der Waals surface area contributed by atoms with Gasteiger partial charge in [-0.25, -0.2) is 0 Å². The van der Waals surface area contributed by atoms with E-state index in [1.807, 2.05) is 42.5 Å². The fraction of sp³-hybridized carbons (Fsp3) is 0.348. The molecule has 5 nitrogen and oxygen atoms in total. The lowest BCUT2D eigenvalue weighted by molar-refractivity contribution is -0.113. The van der Waals surface area contributed by atoms with Gasteiger partial charge in [-0.15, -0.1) is 5.11 Å². The van der Waals surface area contributed by atoms with Crippen LogP contribution < -0.4 is 5.32 Å². The SMILES string of the molecule is CCCCCCCc1ccc(N=N/C(C(=O)Nc2ccccc2)=C(/C)O)cc1. The Hall–Kier alpha value is -2.95. The van der Waals surface area contributed by atoms with Gasteiger partial charge in [-0.2, -0.15) is 5.11 Å². The van der Waals surface area contributed by atoms with E-state index in [1.165, 1.54) is 44.6 Å². The van der Waals surface area contributed by atoms with Crippen LogP contribution >= 0.6 is 0 Å². The minimum Gasteiger partial charge on any atom is -0.510 e. The normalized spacial score (nSPS) is 12.1. The molecule has 1 amide bonds. The summed E-state index contributed by atoms with van der Waals surface area (Å²) in [6.07, 6.45) is 7.36. The van der Waals surface area contributed by atoms with Crippen molar-refractivity contribution in [1.82, 2.24) is 0 Å². The molecule has 2 aromatic rings. The zero-order valence-corrected chi connectivity index (χ0v) is 16.7. The third kappa shape index (κ3) is 7.35. The molecule has 0 bridgehead atoms. The van der Waals surface area contributed by atoms with Gasteiger partial charge in [-0.1, -0.05) is 62.9 Å². The average molecular weight is 380 g/mol. The first-order valence-corrected chi connectivity index (χ1v) is 9.87. The number of para-hydroxylation sites is 1. The summed E-state index contributed by atoms with van der Waals surface area (Å²) in [4.78, 5) is 12.3. The summed E-state index contributed by atoms with van der Waals surface area (Å²) in [5.74, 6) is -0.681. The van der Waals surface area contributed by atoms with E-state index in [-0.39, 0.29) is 11.5 Å². The Kier molecular flexibility index (Phi) is 8.92. The van der Waals surface area contributed by atoms with Crippen molar-refractivity contribution in [1.29, 1.82) is 0 Å². The maximum Gasteiger partial charge on any atom is 0.279 e.